The van der Waals surface area contributed by atoms with Gasteiger partial charge in [0, 0.05) is 14.8 Å². The summed E-state index contributed by atoms with van der Waals surface area (Å²) in [7, 11) is 0. The van der Waals surface area contributed by atoms with Gasteiger partial charge in [0.25, 0.3) is 0 Å². The summed E-state index contributed by atoms with van der Waals surface area (Å²) in [5.41, 5.74) is 8.40. The molecular formula is C70H94ClFS3. The Hall–Kier alpha value is -4.71. The van der Waals surface area contributed by atoms with E-state index in [1.165, 1.54) is 138 Å². The van der Waals surface area contributed by atoms with E-state index in [9.17, 15) is 4.39 Å². The number of thiophene rings is 2. The molecule has 0 aliphatic heterocycles. The van der Waals surface area contributed by atoms with Crippen LogP contribution in [-0.2, 0) is 38.5 Å². The van der Waals surface area contributed by atoms with Gasteiger partial charge in [-0.2, -0.15) is 11.3 Å². The zero-order valence-electron chi connectivity index (χ0n) is 47.5. The Morgan fingerprint density at radius 3 is 1.39 bits per heavy atom. The summed E-state index contributed by atoms with van der Waals surface area (Å²) in [5.74, 6) is 1.80. The second-order valence-electron chi connectivity index (χ2n) is 18.2. The highest BCUT2D eigenvalue weighted by atomic mass is 35.5. The van der Waals surface area contributed by atoms with Gasteiger partial charge in [-0.05, 0) is 168 Å². The highest BCUT2D eigenvalue weighted by molar-refractivity contribution is 7.99. The third-order valence-corrected chi connectivity index (χ3v) is 14.5. The van der Waals surface area contributed by atoms with Crippen LogP contribution in [0.2, 0.25) is 5.02 Å². The summed E-state index contributed by atoms with van der Waals surface area (Å²) < 4.78 is 12.3. The molecule has 1 unspecified atom stereocenters. The van der Waals surface area contributed by atoms with Crippen molar-refractivity contribution in [1.29, 1.82) is 0 Å². The van der Waals surface area contributed by atoms with Crippen LogP contribution in [0.3, 0.4) is 0 Å². The molecule has 0 amide bonds. The largest absolute Gasteiger partial charge is 0.207 e. The summed E-state index contributed by atoms with van der Waals surface area (Å²) in [5, 5.41) is 7.28. The van der Waals surface area contributed by atoms with Gasteiger partial charge in [0.15, 0.2) is 0 Å². The van der Waals surface area contributed by atoms with Crippen molar-refractivity contribution >= 4 is 46.0 Å². The summed E-state index contributed by atoms with van der Waals surface area (Å²) in [4.78, 5) is 2.89. The average Bonchev–Trinajstić information content (AvgIpc) is 4.19. The first kappa shape index (κ1) is 68.3. The van der Waals surface area contributed by atoms with Gasteiger partial charge >= 0.3 is 0 Å². The van der Waals surface area contributed by atoms with Gasteiger partial charge < -0.3 is 0 Å². The zero-order chi connectivity index (χ0) is 54.8. The maximum absolute atomic E-state index is 12.3. The third kappa shape index (κ3) is 38.5. The lowest BCUT2D eigenvalue weighted by Gasteiger charge is -2.08. The Morgan fingerprint density at radius 2 is 0.933 bits per heavy atom. The average molecular weight is 1090 g/mol. The molecule has 406 valence electrons. The second-order valence-corrected chi connectivity index (χ2v) is 21.6. The van der Waals surface area contributed by atoms with Gasteiger partial charge in [-0.3, -0.25) is 0 Å². The molecule has 0 N–H and O–H groups in total. The van der Waals surface area contributed by atoms with Crippen LogP contribution in [0.5, 0.6) is 0 Å². The molecule has 1 atom stereocenters. The van der Waals surface area contributed by atoms with Crippen LogP contribution in [0.25, 0.3) is 0 Å². The number of unbranched alkanes of at least 4 members (excludes halogenated alkanes) is 1. The number of benzene rings is 6. The Labute approximate surface area is 475 Å². The lowest BCUT2D eigenvalue weighted by atomic mass is 9.97. The molecule has 5 heteroatoms. The van der Waals surface area contributed by atoms with Crippen molar-refractivity contribution in [2.24, 2.45) is 0 Å². The smallest absolute Gasteiger partial charge is 0.123 e. The van der Waals surface area contributed by atoms with Crippen molar-refractivity contribution in [2.75, 3.05) is 5.75 Å². The van der Waals surface area contributed by atoms with Gasteiger partial charge in [0.05, 0.1) is 0 Å². The molecule has 8 aromatic rings. The molecule has 6 aromatic carbocycles. The molecule has 0 radical (unpaired) electrons. The number of rotatable bonds is 18. The SMILES string of the molecule is CCCC(C)c1ccccc1.CCCCc1ccccc1.CCCSc1ccccc1.CCCc1ccc(F)cc1.CCCc1ccccc1.CCCc1cccs1.CCCc1ccsc1.CCc1ccc(Cl)cc1. The van der Waals surface area contributed by atoms with Crippen molar-refractivity contribution in [3.05, 3.63) is 253 Å². The van der Waals surface area contributed by atoms with Crippen LogP contribution in [0, 0.1) is 5.82 Å². The minimum atomic E-state index is -0.153. The van der Waals surface area contributed by atoms with E-state index in [4.69, 9.17) is 11.6 Å². The first-order chi connectivity index (χ1) is 36.7. The minimum absolute atomic E-state index is 0.153. The lowest BCUT2D eigenvalue weighted by molar-refractivity contribution is 0.627. The van der Waals surface area contributed by atoms with E-state index in [1.54, 1.807) is 11.3 Å². The third-order valence-electron chi connectivity index (χ3n) is 11.3. The first-order valence-electron chi connectivity index (χ1n) is 28.0. The standard InChI is InChI=1S/C11H16.C10H14.C9H11F.C9H12S.C9H12.C8H9Cl.2C7H10S/c1-3-7-10(2)11-8-5-4-6-9-11;1-2-3-7-10-8-5-4-6-9-10;1-2-3-8-4-6-9(10)7-5-8;1-2-8-10-9-6-4-3-5-7-9;1-2-6-9-7-4-3-5-8-9;1-2-7-3-5-8(9)6-4-7;1-2-4-7-5-3-6-8-7;1-2-3-7-4-5-8-6-7/h4-6,8-10H,3,7H2,1-2H3;4-6,8-9H,2-3,7H2,1H3;4-7H,2-3H2,1H3;3-7H,2,8H2,1H3;3-5,7-8H,2,6H2,1H3;3-6H,2H2,1H3;3,5-6H,2,4H2,1H3;4-6H,2-3H2,1H3. The fourth-order valence-electron chi connectivity index (χ4n) is 7.16. The minimum Gasteiger partial charge on any atom is -0.207 e. The summed E-state index contributed by atoms with van der Waals surface area (Å²) in [6, 6.07) is 63.5. The summed E-state index contributed by atoms with van der Waals surface area (Å²) >= 11 is 11.2. The van der Waals surface area contributed by atoms with E-state index >= 15 is 0 Å². The van der Waals surface area contributed by atoms with Crippen LogP contribution in [0.1, 0.15) is 164 Å². The van der Waals surface area contributed by atoms with E-state index in [0.29, 0.717) is 0 Å². The molecule has 0 aliphatic rings. The quantitative estimate of drug-likeness (QED) is 0.0772. The molecule has 0 nitrogen and oxygen atoms in total. The van der Waals surface area contributed by atoms with Crippen molar-refractivity contribution in [3.8, 4) is 0 Å². The van der Waals surface area contributed by atoms with E-state index in [-0.39, 0.29) is 5.82 Å². The maximum Gasteiger partial charge on any atom is 0.123 e. The number of hydrogen-bond acceptors (Lipinski definition) is 3. The van der Waals surface area contributed by atoms with Crippen LogP contribution in [0.15, 0.2) is 209 Å². The zero-order valence-corrected chi connectivity index (χ0v) is 50.7. The molecule has 75 heavy (non-hydrogen) atoms. The topological polar surface area (TPSA) is 0 Å². The molecule has 0 aliphatic carbocycles. The molecule has 0 saturated carbocycles. The van der Waals surface area contributed by atoms with E-state index < -0.39 is 0 Å². The number of hydrogen-bond donors (Lipinski definition) is 0. The highest BCUT2D eigenvalue weighted by Gasteiger charge is 2.01. The normalized spacial score (nSPS) is 10.1. The van der Waals surface area contributed by atoms with Crippen molar-refractivity contribution in [3.63, 3.8) is 0 Å². The number of aryl methyl sites for hydroxylation is 6. The Kier molecular flexibility index (Phi) is 44.5. The van der Waals surface area contributed by atoms with Crippen LogP contribution in [-0.4, -0.2) is 5.75 Å². The van der Waals surface area contributed by atoms with Crippen molar-refractivity contribution in [2.45, 2.75) is 169 Å². The van der Waals surface area contributed by atoms with E-state index in [0.717, 1.165) is 30.2 Å². The maximum atomic E-state index is 12.3. The number of halogens is 2. The predicted molar refractivity (Wildman–Crippen MR) is 341 cm³/mol. The van der Waals surface area contributed by atoms with Gasteiger partial charge in [-0.25, -0.2) is 4.39 Å². The predicted octanol–water partition coefficient (Wildman–Crippen LogP) is 23.5. The van der Waals surface area contributed by atoms with Gasteiger partial charge in [-0.1, -0.05) is 252 Å². The van der Waals surface area contributed by atoms with Gasteiger partial charge in [0.2, 0.25) is 0 Å². The monoisotopic (exact) mass is 1080 g/mol. The van der Waals surface area contributed by atoms with Crippen LogP contribution in [0.4, 0.5) is 4.39 Å². The molecule has 0 spiro atoms. The van der Waals surface area contributed by atoms with Crippen molar-refractivity contribution < 1.29 is 4.39 Å². The molecule has 0 bridgehead atoms. The molecule has 0 saturated heterocycles. The lowest BCUT2D eigenvalue weighted by Crippen LogP contribution is -1.91. The fraction of sp³-hybridized carbons (Fsp3) is 0.371. The molecule has 2 heterocycles. The Morgan fingerprint density at radius 1 is 0.440 bits per heavy atom. The number of thioether (sulfide) groups is 1. The fourth-order valence-corrected chi connectivity index (χ4v) is 9.59. The molecular weight excluding hydrogens is 991 g/mol. The van der Waals surface area contributed by atoms with E-state index in [1.807, 2.05) is 59.5 Å². The summed E-state index contributed by atoms with van der Waals surface area (Å²) in [6.45, 7) is 19.8. The Bertz CT molecular complexity index is 2250. The molecule has 8 rings (SSSR count). The second kappa shape index (κ2) is 48.9. The van der Waals surface area contributed by atoms with Gasteiger partial charge in [0.1, 0.15) is 5.82 Å². The summed E-state index contributed by atoms with van der Waals surface area (Å²) in [6.07, 6.45) is 18.3. The van der Waals surface area contributed by atoms with Crippen molar-refractivity contribution in [1.82, 2.24) is 0 Å². The van der Waals surface area contributed by atoms with Crippen LogP contribution < -0.4 is 0 Å². The first-order valence-corrected chi connectivity index (χ1v) is 31.2. The van der Waals surface area contributed by atoms with E-state index in [2.05, 4.69) is 218 Å². The Balaban J connectivity index is 0.000000429. The molecule has 2 aromatic heterocycles. The molecule has 0 fully saturated rings. The highest BCUT2D eigenvalue weighted by Crippen LogP contribution is 2.20. The van der Waals surface area contributed by atoms with Gasteiger partial charge in [-0.15, -0.1) is 23.1 Å². The van der Waals surface area contributed by atoms with Crippen LogP contribution >= 0.6 is 46.0 Å².